The first-order valence-electron chi connectivity index (χ1n) is 7.31. The Labute approximate surface area is 134 Å². The van der Waals surface area contributed by atoms with Crippen LogP contribution in [-0.2, 0) is 6.42 Å². The van der Waals surface area contributed by atoms with Crippen molar-refractivity contribution >= 4 is 15.9 Å². The highest BCUT2D eigenvalue weighted by molar-refractivity contribution is 9.10. The van der Waals surface area contributed by atoms with Crippen molar-refractivity contribution in [3.05, 3.63) is 64.1 Å². The van der Waals surface area contributed by atoms with E-state index < -0.39 is 6.10 Å². The zero-order valence-corrected chi connectivity index (χ0v) is 13.8. The first kappa shape index (κ1) is 16.1. The lowest BCUT2D eigenvalue weighted by Crippen LogP contribution is -2.03. The van der Waals surface area contributed by atoms with Gasteiger partial charge in [0.05, 0.1) is 12.7 Å². The molecule has 3 heteroatoms. The molecule has 2 rings (SSSR count). The Morgan fingerprint density at radius 1 is 1.10 bits per heavy atom. The van der Waals surface area contributed by atoms with Crippen molar-refractivity contribution in [2.45, 2.75) is 32.3 Å². The summed E-state index contributed by atoms with van der Waals surface area (Å²) in [4.78, 5) is 0. The number of rotatable bonds is 7. The third kappa shape index (κ3) is 5.18. The van der Waals surface area contributed by atoms with Crippen molar-refractivity contribution in [3.63, 3.8) is 0 Å². The topological polar surface area (TPSA) is 29.5 Å². The van der Waals surface area contributed by atoms with Gasteiger partial charge in [0.15, 0.2) is 0 Å². The highest BCUT2D eigenvalue weighted by atomic mass is 79.9. The Hall–Kier alpha value is -1.32. The predicted octanol–water partition coefficient (Wildman–Crippen LogP) is 4.90. The third-order valence-corrected chi connectivity index (χ3v) is 3.88. The molecule has 2 nitrogen and oxygen atoms in total. The van der Waals surface area contributed by atoms with Crippen molar-refractivity contribution in [3.8, 4) is 5.75 Å². The predicted molar refractivity (Wildman–Crippen MR) is 89.7 cm³/mol. The van der Waals surface area contributed by atoms with Crippen LogP contribution < -0.4 is 4.74 Å². The normalized spacial score (nSPS) is 12.1. The van der Waals surface area contributed by atoms with E-state index in [1.165, 1.54) is 5.56 Å². The number of ether oxygens (including phenoxy) is 1. The molecule has 112 valence electrons. The van der Waals surface area contributed by atoms with E-state index in [2.05, 4.69) is 40.2 Å². The summed E-state index contributed by atoms with van der Waals surface area (Å²) in [5.74, 6) is 0.763. The van der Waals surface area contributed by atoms with Gasteiger partial charge in [-0.05, 0) is 43.9 Å². The summed E-state index contributed by atoms with van der Waals surface area (Å²) in [6, 6.07) is 16.2. The van der Waals surface area contributed by atoms with E-state index in [0.29, 0.717) is 6.61 Å². The molecule has 0 aromatic heterocycles. The molecule has 21 heavy (non-hydrogen) atoms. The second-order valence-electron chi connectivity index (χ2n) is 5.15. The van der Waals surface area contributed by atoms with Crippen molar-refractivity contribution in [2.75, 3.05) is 6.61 Å². The molecule has 0 unspecified atom stereocenters. The molecule has 2 aromatic rings. The zero-order chi connectivity index (χ0) is 15.1. The van der Waals surface area contributed by atoms with Gasteiger partial charge in [0.2, 0.25) is 0 Å². The average molecular weight is 349 g/mol. The number of aliphatic hydroxyl groups is 1. The van der Waals surface area contributed by atoms with Crippen molar-refractivity contribution in [2.24, 2.45) is 0 Å². The largest absolute Gasteiger partial charge is 0.493 e. The quantitative estimate of drug-likeness (QED) is 0.720. The molecule has 0 spiro atoms. The standard InChI is InChI=1S/C18H21BrO2/c1-14(20)17-11-10-16(19)13-18(17)21-12-6-5-9-15-7-3-2-4-8-15/h2-4,7-8,10-11,13-14,20H,5-6,9,12H2,1H3/t14-/m1/s1. The van der Waals surface area contributed by atoms with Crippen LogP contribution in [-0.4, -0.2) is 11.7 Å². The molecule has 1 atom stereocenters. The van der Waals surface area contributed by atoms with Crippen LogP contribution in [0.3, 0.4) is 0 Å². The maximum absolute atomic E-state index is 9.75. The highest BCUT2D eigenvalue weighted by Crippen LogP contribution is 2.28. The number of hydrogen-bond acceptors (Lipinski definition) is 2. The van der Waals surface area contributed by atoms with Crippen molar-refractivity contribution in [1.82, 2.24) is 0 Å². The van der Waals surface area contributed by atoms with Gasteiger partial charge in [0.1, 0.15) is 5.75 Å². The Morgan fingerprint density at radius 2 is 1.86 bits per heavy atom. The van der Waals surface area contributed by atoms with Crippen molar-refractivity contribution < 1.29 is 9.84 Å². The number of aryl methyl sites for hydroxylation is 1. The minimum Gasteiger partial charge on any atom is -0.493 e. The Balaban J connectivity index is 1.79. The van der Waals surface area contributed by atoms with Crippen molar-refractivity contribution in [1.29, 1.82) is 0 Å². The smallest absolute Gasteiger partial charge is 0.126 e. The molecule has 0 amide bonds. The fourth-order valence-corrected chi connectivity index (χ4v) is 2.58. The van der Waals surface area contributed by atoms with Gasteiger partial charge in [-0.15, -0.1) is 0 Å². The van der Waals surface area contributed by atoms with Crippen LogP contribution >= 0.6 is 15.9 Å². The van der Waals surface area contributed by atoms with Crippen LogP contribution in [0.1, 0.15) is 37.0 Å². The maximum Gasteiger partial charge on any atom is 0.126 e. The minimum atomic E-state index is -0.516. The van der Waals surface area contributed by atoms with E-state index in [-0.39, 0.29) is 0 Å². The zero-order valence-electron chi connectivity index (χ0n) is 12.3. The van der Waals surface area contributed by atoms with Gasteiger partial charge in [-0.25, -0.2) is 0 Å². The summed E-state index contributed by atoms with van der Waals surface area (Å²) < 4.78 is 6.79. The summed E-state index contributed by atoms with van der Waals surface area (Å²) in [5.41, 5.74) is 2.20. The van der Waals surface area contributed by atoms with E-state index in [1.54, 1.807) is 6.92 Å². The fourth-order valence-electron chi connectivity index (χ4n) is 2.24. The van der Waals surface area contributed by atoms with Gasteiger partial charge in [-0.2, -0.15) is 0 Å². The minimum absolute atomic E-state index is 0.516. The lowest BCUT2D eigenvalue weighted by atomic mass is 10.1. The van der Waals surface area contributed by atoms with Crippen LogP contribution in [0.15, 0.2) is 53.0 Å². The van der Waals surface area contributed by atoms with Gasteiger partial charge in [-0.3, -0.25) is 0 Å². The van der Waals surface area contributed by atoms with Gasteiger partial charge in [-0.1, -0.05) is 52.3 Å². The summed E-state index contributed by atoms with van der Waals surface area (Å²) in [6.45, 7) is 2.43. The maximum atomic E-state index is 9.75. The van der Waals surface area contributed by atoms with Crippen LogP contribution in [0.2, 0.25) is 0 Å². The fraction of sp³-hybridized carbons (Fsp3) is 0.333. The monoisotopic (exact) mass is 348 g/mol. The molecular formula is C18H21BrO2. The number of unbranched alkanes of at least 4 members (excludes halogenated alkanes) is 1. The van der Waals surface area contributed by atoms with Crippen LogP contribution in [0.25, 0.3) is 0 Å². The molecule has 0 saturated carbocycles. The SMILES string of the molecule is C[C@@H](O)c1ccc(Br)cc1OCCCCc1ccccc1. The molecule has 0 fully saturated rings. The van der Waals surface area contributed by atoms with Crippen LogP contribution in [0.4, 0.5) is 0 Å². The van der Waals surface area contributed by atoms with Crippen LogP contribution in [0, 0.1) is 0 Å². The highest BCUT2D eigenvalue weighted by Gasteiger charge is 2.09. The number of hydrogen-bond donors (Lipinski definition) is 1. The molecule has 1 N–H and O–H groups in total. The van der Waals surface area contributed by atoms with E-state index in [4.69, 9.17) is 4.74 Å². The molecule has 2 aromatic carbocycles. The number of aliphatic hydroxyl groups excluding tert-OH is 1. The molecule has 0 bridgehead atoms. The summed E-state index contributed by atoms with van der Waals surface area (Å²) >= 11 is 3.44. The third-order valence-electron chi connectivity index (χ3n) is 3.39. The first-order valence-corrected chi connectivity index (χ1v) is 8.10. The molecule has 0 aliphatic carbocycles. The van der Waals surface area contributed by atoms with Gasteiger partial charge >= 0.3 is 0 Å². The lowest BCUT2D eigenvalue weighted by molar-refractivity contribution is 0.190. The van der Waals surface area contributed by atoms with Gasteiger partial charge in [0.25, 0.3) is 0 Å². The Kier molecular flexibility index (Phi) is 6.27. The first-order chi connectivity index (χ1) is 10.2. The average Bonchev–Trinajstić information content (AvgIpc) is 2.48. The summed E-state index contributed by atoms with van der Waals surface area (Å²) in [6.07, 6.45) is 2.66. The van der Waals surface area contributed by atoms with E-state index >= 15 is 0 Å². The lowest BCUT2D eigenvalue weighted by Gasteiger charge is -2.14. The molecule has 0 aliphatic heterocycles. The van der Waals surface area contributed by atoms with Gasteiger partial charge < -0.3 is 9.84 Å². The van der Waals surface area contributed by atoms with Gasteiger partial charge in [0, 0.05) is 10.0 Å². The molecule has 0 radical (unpaired) electrons. The van der Waals surface area contributed by atoms with E-state index in [0.717, 1.165) is 35.0 Å². The Morgan fingerprint density at radius 3 is 2.57 bits per heavy atom. The number of halogens is 1. The second kappa shape index (κ2) is 8.20. The Bertz CT molecular complexity index is 552. The molecule has 0 aliphatic rings. The molecule has 0 saturated heterocycles. The number of benzene rings is 2. The van der Waals surface area contributed by atoms with E-state index in [1.807, 2.05) is 24.3 Å². The second-order valence-corrected chi connectivity index (χ2v) is 6.06. The van der Waals surface area contributed by atoms with Crippen LogP contribution in [0.5, 0.6) is 5.75 Å². The molecule has 0 heterocycles. The summed E-state index contributed by atoms with van der Waals surface area (Å²) in [7, 11) is 0. The summed E-state index contributed by atoms with van der Waals surface area (Å²) in [5, 5.41) is 9.75. The van der Waals surface area contributed by atoms with E-state index in [9.17, 15) is 5.11 Å². The molecular weight excluding hydrogens is 328 g/mol.